The van der Waals surface area contributed by atoms with Gasteiger partial charge in [-0.2, -0.15) is 8.42 Å². The van der Waals surface area contributed by atoms with Crippen LogP contribution >= 0.6 is 1130 Å². The number of hydrogen-bond acceptors (Lipinski definition) is 8. The Morgan fingerprint density at radius 3 is 0.570 bits per heavy atom. The van der Waals surface area contributed by atoms with Crippen LogP contribution in [0.5, 0.6) is 0 Å². The maximum atomic E-state index is 11.2. The number of hydrogen-bond donors (Lipinski definition) is 3. The Hall–Kier alpha value is 59.2. The van der Waals surface area contributed by atoms with Crippen molar-refractivity contribution in [3.63, 3.8) is 0 Å². The molecule has 0 aromatic heterocycles. The van der Waals surface area contributed by atoms with Gasteiger partial charge in [0.1, 0.15) is 18.1 Å². The van der Waals surface area contributed by atoms with Crippen LogP contribution in [-0.2, 0) is 37.4 Å². The molecule has 0 saturated heterocycles. The number of ether oxygens (including phenoxy) is 1. The second-order valence-electron chi connectivity index (χ2n) is 12.9. The summed E-state index contributed by atoms with van der Waals surface area (Å²) in [6.45, 7) is 9.78. The van der Waals surface area contributed by atoms with Crippen LogP contribution in [0.4, 0.5) is 0 Å². The Labute approximate surface area is 1240 Å². The Bertz CT molecular complexity index is 2760. The van der Waals surface area contributed by atoms with Gasteiger partial charge in [-0.15, -0.1) is 0 Å². The zero-order valence-electron chi connectivity index (χ0n) is 49.4. The Kier molecular flexibility index (Phi) is 170. The van der Waals surface area contributed by atoms with E-state index in [1.807, 2.05) is 13.8 Å². The van der Waals surface area contributed by atoms with Crippen molar-refractivity contribution in [2.75, 3.05) is 12.1 Å². The first-order chi connectivity index (χ1) is 51.8. The van der Waals surface area contributed by atoms with E-state index in [1.54, 1.807) is 13.8 Å². The molecule has 0 spiro atoms. The fourth-order valence-corrected chi connectivity index (χ4v) is 16100. The van der Waals surface area contributed by atoms with Crippen molar-refractivity contribution in [3.05, 3.63) is 0 Å². The number of esters is 1. The molecule has 0 radical (unpaired) electrons. The molecular formula is C16H29Cl3I83N2O9S-. The summed E-state index contributed by atoms with van der Waals surface area (Å²) in [6.07, 6.45) is 0. The van der Waals surface area contributed by atoms with Crippen molar-refractivity contribution in [2.24, 2.45) is 11.8 Å². The van der Waals surface area contributed by atoms with Crippen LogP contribution in [0.15, 0.2) is 0 Å². The topological polar surface area (TPSA) is 165 Å². The third-order valence-corrected chi connectivity index (χ3v) is 6530. The monoisotopic (exact) mass is 11100 g/mol. The molecule has 0 aliphatic heterocycles. The second-order valence-corrected chi connectivity index (χ2v) is 1980. The molecule has 0 unspecified atom stereocenters. The molecule has 11 nitrogen and oxygen atoms in total. The van der Waals surface area contributed by atoms with Gasteiger partial charge >= 0.3 is 1130 Å². The van der Waals surface area contributed by atoms with Gasteiger partial charge in [0.25, 0.3) is 0 Å². The summed E-state index contributed by atoms with van der Waals surface area (Å²) in [5.41, 5.74) is 0. The van der Waals surface area contributed by atoms with Gasteiger partial charge in [0.15, 0.2) is 6.07 Å². The van der Waals surface area contributed by atoms with E-state index in [9.17, 15) is 27.6 Å². The van der Waals surface area contributed by atoms with Crippen molar-refractivity contribution in [3.8, 4) is 0 Å². The van der Waals surface area contributed by atoms with Crippen LogP contribution in [0, 0.1) is 11.8 Å². The van der Waals surface area contributed by atoms with E-state index >= 15 is 0 Å². The second kappa shape index (κ2) is 108. The van der Waals surface area contributed by atoms with Crippen LogP contribution < -0.4 is 23.9 Å². The maximum absolute atomic E-state index is 11.2. The summed E-state index contributed by atoms with van der Waals surface area (Å²) in [5, 5.41) is 13.4. The first-order valence-electron chi connectivity index (χ1n) is 20.4. The molecule has 766 valence electrons. The number of carboxylic acid groups (broad SMARTS) is 1. The first-order valence-corrected chi connectivity index (χ1v) is 539. The van der Waals surface area contributed by atoms with E-state index in [-0.39, 0.29) is 29.7 Å². The van der Waals surface area contributed by atoms with Gasteiger partial charge in [0.05, 0.1) is 0 Å². The van der Waals surface area contributed by atoms with Crippen LogP contribution in [0.1, 0.15) is 41.5 Å². The van der Waals surface area contributed by atoms with E-state index < -0.39 is 355 Å². The molecule has 2 amide bonds. The molecule has 0 saturated carbocycles. The molecule has 0 heterocycles. The normalized spacial score (nSPS) is 17.2. The number of rotatable bonds is 49. The smallest absolute Gasteiger partial charge is 0.242 e. The van der Waals surface area contributed by atoms with Crippen molar-refractivity contribution in [1.29, 1.82) is 0 Å². The molecule has 3 N–H and O–H groups in total. The Balaban J connectivity index is -0.00000160. The predicted octanol–water partition coefficient (Wildman–Crippen LogP) is 71.4. The fourth-order valence-electron chi connectivity index (χ4n) is 2.83. The van der Waals surface area contributed by atoms with E-state index in [0.717, 1.165) is 0 Å². The van der Waals surface area contributed by atoms with Crippen LogP contribution in [0.3, 0.4) is 0 Å². The number of carbonyl (C=O) groups excluding carboxylic acids is 3. The quantitative estimate of drug-likeness (QED) is 0.0233. The minimum atomic E-state index is -3.83. The molecule has 0 bridgehead atoms. The largest absolute Gasteiger partial charge is 0.356 e. The van der Waals surface area contributed by atoms with Gasteiger partial charge in [-0.25, -0.2) is 13.8 Å². The zero-order chi connectivity index (χ0) is 91.2. The van der Waals surface area contributed by atoms with Crippen LogP contribution in [-0.4, -0.2) is 61.5 Å². The number of amides is 2. The predicted molar refractivity (Wildman–Crippen MR) is 1270 cm³/mol. The van der Waals surface area contributed by atoms with Crippen molar-refractivity contribution in [1.82, 2.24) is 10.6 Å². The SMILES string of the molecule is CC(=O)N[C@H](C(=O)O)C(C)C.CC(=O)N[C@H](C(=O)OCCl)C(C)C.I[I-]I(I)I(I)I(I)I(I)I(I)I(I)I(I)I(I)I(I)I(I)I(I)I(I)I(I)I(I)I(I)I(I)I(I)I(I)I(I)I(I)I(I)I(I)I(I)I(I)I(I)I(I)I(I)I(I)I(I)I(I)I(I)I(I)I(I)I(I)I(I)I(I)I(I)I(I)I(I)I(I)I.O=S(=O)(Cl)OCCl. The molecule has 98 heteroatoms. The summed E-state index contributed by atoms with van der Waals surface area (Å²) in [4.78, 5) is 42.9. The standard InChI is InChI=1S/C8H14ClNO3.C7H13NO3.CH2Cl2O3S.I83/c1-5(2)7(10-6(3)11)8(12)13-4-9;1-4(2)6(7(10)11)8-5(3)9;2-1-6-7(3,4)5;1-43-45(4)47(6)49(8)51(10)53(12)55(14)57(16)59(18)61(20)63(22)65(24)67(26)69(28)71(30)73(32)75(34)77(36)79(38)81(40)83(42)82(41)80(39)78(37)76(35)74(33)72(31)70(29)68(27)66(25)64(23)62(21)60(19)58(17)56(15)54(13)52(11)50(9)48(7)46(5)44(2)3/h5,7H,4H2,1-3H3,(H,10,11);4,6H,1-3H3,(H,8,9)(H,10,11);1H2;/q;;;-1/t7-;6-;;/m00../s1. The van der Waals surface area contributed by atoms with E-state index in [4.69, 9.17) is 28.3 Å². The third-order valence-electron chi connectivity index (χ3n) is 6.18. The average molecular weight is 11100 g/mol. The van der Waals surface area contributed by atoms with Crippen LogP contribution in [0.25, 0.3) is 0 Å². The summed E-state index contributed by atoms with van der Waals surface area (Å²) in [5.74, 6) is -2.16. The molecule has 0 rings (SSSR count). The van der Waals surface area contributed by atoms with Gasteiger partial charge in [-0.1, -0.05) is 50.9 Å². The molecule has 0 fully saturated rings. The van der Waals surface area contributed by atoms with E-state index in [2.05, 4.69) is 812 Å². The minimum Gasteiger partial charge on any atom is -0.242 e. The summed E-state index contributed by atoms with van der Waals surface area (Å²) < 4.78 is 27.7. The van der Waals surface area contributed by atoms with Crippen LogP contribution in [0.2, 0.25) is 0 Å². The number of carbonyl (C=O) groups is 4. The molecule has 0 aromatic carbocycles. The molecule has 114 heavy (non-hydrogen) atoms. The van der Waals surface area contributed by atoms with Gasteiger partial charge in [0.2, 0.25) is 11.8 Å². The van der Waals surface area contributed by atoms with Gasteiger partial charge in [0, 0.05) is 24.5 Å². The van der Waals surface area contributed by atoms with Crippen molar-refractivity contribution < 1.29 is 54.9 Å². The molecule has 0 aromatic rings. The van der Waals surface area contributed by atoms with Gasteiger partial charge in [-0.3, -0.25) is 9.59 Å². The van der Waals surface area contributed by atoms with Crippen molar-refractivity contribution in [2.45, 2.75) is 53.6 Å². The maximum Gasteiger partial charge on any atom is 0.356 e. The molecular weight excluding hydrogens is 11000 g/mol. The molecule has 0 aliphatic rings. The zero-order valence-corrected chi connectivity index (χ0v) is 232. The average Bonchev–Trinajstić information content (AvgIpc) is 0.811. The van der Waals surface area contributed by atoms with Crippen molar-refractivity contribution >= 4 is 1160 Å². The number of halogens is 86. The number of carboxylic acids is 1. The van der Waals surface area contributed by atoms with Gasteiger partial charge in [-0.05, 0) is 11.8 Å². The van der Waals surface area contributed by atoms with Gasteiger partial charge < -0.3 is 20.5 Å². The number of aliphatic carboxylic acids is 1. The number of alkyl halides is 2. The molecule has 0 aliphatic carbocycles. The molecule has 2 atom stereocenters. The first kappa shape index (κ1) is 179. The van der Waals surface area contributed by atoms with E-state index in [1.165, 1.54) is 13.8 Å². The minimum absolute atomic E-state index is 0.0142. The summed E-state index contributed by atoms with van der Waals surface area (Å²) in [7, 11) is -22.9. The summed E-state index contributed by atoms with van der Waals surface area (Å²) in [6, 6.07) is -2.02. The fraction of sp³-hybridized carbons (Fsp3) is 0.750. The number of nitrogens with one attached hydrogen (secondary N) is 2. The van der Waals surface area contributed by atoms with E-state index in [0.29, 0.717) is 13.3 Å². The Morgan fingerprint density at radius 2 is 0.474 bits per heavy atom. The summed E-state index contributed by atoms with van der Waals surface area (Å²) >= 11 is 152. The Morgan fingerprint density at radius 1 is 0.316 bits per heavy atom. The third kappa shape index (κ3) is 80.5.